The highest BCUT2D eigenvalue weighted by atomic mass is 35.5. The van der Waals surface area contributed by atoms with E-state index in [9.17, 15) is 9.59 Å². The second-order valence-corrected chi connectivity index (χ2v) is 9.77. The van der Waals surface area contributed by atoms with Gasteiger partial charge in [-0.3, -0.25) is 9.59 Å². The van der Waals surface area contributed by atoms with Crippen LogP contribution in [0, 0.1) is 5.92 Å². The first-order valence-corrected chi connectivity index (χ1v) is 12.6. The van der Waals surface area contributed by atoms with Gasteiger partial charge in [0.2, 0.25) is 5.91 Å². The number of amides is 2. The molecule has 7 nitrogen and oxygen atoms in total. The van der Waals surface area contributed by atoms with E-state index in [1.807, 2.05) is 35.9 Å². The van der Waals surface area contributed by atoms with Gasteiger partial charge in [0.1, 0.15) is 0 Å². The second kappa shape index (κ2) is 12.0. The smallest absolute Gasteiger partial charge is 0.253 e. The van der Waals surface area contributed by atoms with E-state index in [0.29, 0.717) is 33.9 Å². The van der Waals surface area contributed by atoms with E-state index >= 15 is 0 Å². The van der Waals surface area contributed by atoms with Crippen molar-refractivity contribution in [2.24, 2.45) is 13.0 Å². The van der Waals surface area contributed by atoms with Crippen LogP contribution in [0.4, 0.5) is 5.69 Å². The van der Waals surface area contributed by atoms with Crippen molar-refractivity contribution in [3.05, 3.63) is 70.5 Å². The molecule has 1 heterocycles. The molecule has 9 heteroatoms. The number of nitrogens with zero attached hydrogens (tertiary/aromatic N) is 3. The normalized spacial score (nSPS) is 11.9. The van der Waals surface area contributed by atoms with Crippen LogP contribution in [0.3, 0.4) is 0 Å². The first-order chi connectivity index (χ1) is 16.3. The van der Waals surface area contributed by atoms with Gasteiger partial charge < -0.3 is 15.2 Å². The molecule has 3 rings (SSSR count). The zero-order valence-electron chi connectivity index (χ0n) is 19.8. The highest BCUT2D eigenvalue weighted by Gasteiger charge is 2.24. The largest absolute Gasteiger partial charge is 0.342 e. The van der Waals surface area contributed by atoms with Gasteiger partial charge in [0.25, 0.3) is 5.91 Å². The molecular weight excluding hydrogens is 470 g/mol. The van der Waals surface area contributed by atoms with Gasteiger partial charge in [-0.25, -0.2) is 0 Å². The van der Waals surface area contributed by atoms with Crippen LogP contribution in [0.5, 0.6) is 0 Å². The lowest BCUT2D eigenvalue weighted by molar-refractivity contribution is -0.113. The molecule has 0 aliphatic rings. The molecule has 180 valence electrons. The van der Waals surface area contributed by atoms with E-state index in [1.165, 1.54) is 17.3 Å². The molecule has 0 saturated heterocycles. The van der Waals surface area contributed by atoms with E-state index in [0.717, 1.165) is 12.1 Å². The van der Waals surface area contributed by atoms with Crippen molar-refractivity contribution in [3.63, 3.8) is 0 Å². The molecule has 0 fully saturated rings. The van der Waals surface area contributed by atoms with E-state index in [4.69, 9.17) is 11.6 Å². The summed E-state index contributed by atoms with van der Waals surface area (Å²) >= 11 is 7.50. The monoisotopic (exact) mass is 499 g/mol. The van der Waals surface area contributed by atoms with Crippen molar-refractivity contribution < 1.29 is 9.59 Å². The fourth-order valence-corrected chi connectivity index (χ4v) is 4.43. The summed E-state index contributed by atoms with van der Waals surface area (Å²) in [7, 11) is 1.84. The third kappa shape index (κ3) is 6.84. The molecule has 0 unspecified atom stereocenters. The predicted molar refractivity (Wildman–Crippen MR) is 137 cm³/mol. The van der Waals surface area contributed by atoms with Gasteiger partial charge in [-0.2, -0.15) is 0 Å². The molecule has 1 atom stereocenters. The number of benzene rings is 2. The molecule has 2 aromatic carbocycles. The highest BCUT2D eigenvalue weighted by molar-refractivity contribution is 7.99. The Labute approximate surface area is 209 Å². The molecule has 0 aliphatic heterocycles. The van der Waals surface area contributed by atoms with Gasteiger partial charge in [0.15, 0.2) is 11.0 Å². The van der Waals surface area contributed by atoms with Crippen LogP contribution in [0.15, 0.2) is 53.7 Å². The quantitative estimate of drug-likeness (QED) is 0.370. The van der Waals surface area contributed by atoms with Crippen LogP contribution in [0.25, 0.3) is 0 Å². The number of aryl methyl sites for hydroxylation is 1. The van der Waals surface area contributed by atoms with E-state index in [2.05, 4.69) is 41.6 Å². The first kappa shape index (κ1) is 25.8. The fourth-order valence-electron chi connectivity index (χ4n) is 3.49. The number of carbonyl (C=O) groups is 2. The molecular formula is C25H30ClN5O2S. The lowest BCUT2D eigenvalue weighted by Crippen LogP contribution is -2.31. The molecule has 0 saturated carbocycles. The summed E-state index contributed by atoms with van der Waals surface area (Å²) in [6, 6.07) is 14.4. The maximum Gasteiger partial charge on any atom is 0.253 e. The van der Waals surface area contributed by atoms with Crippen molar-refractivity contribution >= 4 is 40.9 Å². The van der Waals surface area contributed by atoms with Crippen molar-refractivity contribution in [3.8, 4) is 0 Å². The summed E-state index contributed by atoms with van der Waals surface area (Å²) in [5, 5.41) is 15.5. The predicted octanol–water partition coefficient (Wildman–Crippen LogP) is 5.28. The number of anilines is 1. The third-order valence-corrected chi connectivity index (χ3v) is 6.64. The van der Waals surface area contributed by atoms with Crippen LogP contribution in [-0.4, -0.2) is 32.3 Å². The van der Waals surface area contributed by atoms with Crippen molar-refractivity contribution in [2.75, 3.05) is 11.1 Å². The topological polar surface area (TPSA) is 88.9 Å². The summed E-state index contributed by atoms with van der Waals surface area (Å²) in [5.74, 6) is 0.760. The number of thioether (sulfide) groups is 1. The van der Waals surface area contributed by atoms with Crippen LogP contribution in [0.1, 0.15) is 55.0 Å². The number of carbonyl (C=O) groups excluding carboxylic acids is 2. The highest BCUT2D eigenvalue weighted by Crippen LogP contribution is 2.25. The molecule has 0 radical (unpaired) electrons. The van der Waals surface area contributed by atoms with Crippen LogP contribution in [0.2, 0.25) is 5.02 Å². The minimum absolute atomic E-state index is 0.121. The minimum Gasteiger partial charge on any atom is -0.342 e. The maximum absolute atomic E-state index is 12.9. The Bertz CT molecular complexity index is 1130. The molecule has 3 aromatic rings. The Morgan fingerprint density at radius 1 is 1.09 bits per heavy atom. The number of hydrogen-bond donors (Lipinski definition) is 2. The van der Waals surface area contributed by atoms with Crippen molar-refractivity contribution in [2.45, 2.75) is 44.8 Å². The molecule has 0 bridgehead atoms. The summed E-state index contributed by atoms with van der Waals surface area (Å²) in [6.07, 6.45) is 1.64. The molecule has 0 aliphatic carbocycles. The van der Waals surface area contributed by atoms with Crippen molar-refractivity contribution in [1.82, 2.24) is 20.1 Å². The SMILES string of the molecule is CCc1ccc(NC(=O)CSc2nnc([C@H](CC(C)C)NC(=O)c3ccccc3Cl)n2C)cc1. The van der Waals surface area contributed by atoms with Gasteiger partial charge in [-0.15, -0.1) is 10.2 Å². The van der Waals surface area contributed by atoms with Crippen LogP contribution < -0.4 is 10.6 Å². The lowest BCUT2D eigenvalue weighted by Gasteiger charge is -2.20. The van der Waals surface area contributed by atoms with Crippen molar-refractivity contribution in [1.29, 1.82) is 0 Å². The Morgan fingerprint density at radius 3 is 2.44 bits per heavy atom. The molecule has 2 amide bonds. The average molecular weight is 500 g/mol. The van der Waals surface area contributed by atoms with Crippen LogP contribution in [-0.2, 0) is 18.3 Å². The summed E-state index contributed by atoms with van der Waals surface area (Å²) in [5.41, 5.74) is 2.40. The van der Waals surface area contributed by atoms with Crippen LogP contribution >= 0.6 is 23.4 Å². The number of rotatable bonds is 10. The molecule has 34 heavy (non-hydrogen) atoms. The third-order valence-electron chi connectivity index (χ3n) is 5.29. The molecule has 2 N–H and O–H groups in total. The Balaban J connectivity index is 1.67. The van der Waals surface area contributed by atoms with Gasteiger partial charge in [0.05, 0.1) is 22.4 Å². The van der Waals surface area contributed by atoms with E-state index < -0.39 is 0 Å². The molecule has 1 aromatic heterocycles. The number of halogens is 1. The second-order valence-electron chi connectivity index (χ2n) is 8.42. The number of hydrogen-bond acceptors (Lipinski definition) is 5. The zero-order chi connectivity index (χ0) is 24.7. The van der Waals surface area contributed by atoms with Gasteiger partial charge in [0, 0.05) is 12.7 Å². The first-order valence-electron chi connectivity index (χ1n) is 11.2. The Morgan fingerprint density at radius 2 is 1.79 bits per heavy atom. The minimum atomic E-state index is -0.346. The molecule has 0 spiro atoms. The van der Waals surface area contributed by atoms with Gasteiger partial charge in [-0.05, 0) is 48.6 Å². The fraction of sp³-hybridized carbons (Fsp3) is 0.360. The van der Waals surface area contributed by atoms with E-state index in [1.54, 1.807) is 24.3 Å². The van der Waals surface area contributed by atoms with E-state index in [-0.39, 0.29) is 23.6 Å². The number of nitrogens with one attached hydrogen (secondary N) is 2. The summed E-state index contributed by atoms with van der Waals surface area (Å²) in [4.78, 5) is 25.3. The zero-order valence-corrected chi connectivity index (χ0v) is 21.4. The average Bonchev–Trinajstić information content (AvgIpc) is 3.18. The standard InChI is InChI=1S/C25H30ClN5O2S/c1-5-17-10-12-18(13-11-17)27-22(32)15-34-25-30-29-23(31(25)4)21(14-16(2)3)28-24(33)19-8-6-7-9-20(19)26/h6-13,16,21H,5,14-15H2,1-4H3,(H,27,32)(H,28,33)/t21-/m0/s1. The van der Waals surface area contributed by atoms with Gasteiger partial charge >= 0.3 is 0 Å². The lowest BCUT2D eigenvalue weighted by atomic mass is 10.0. The summed E-state index contributed by atoms with van der Waals surface area (Å²) < 4.78 is 1.83. The Hall–Kier alpha value is -2.84. The number of aromatic nitrogens is 3. The summed E-state index contributed by atoms with van der Waals surface area (Å²) in [6.45, 7) is 6.25. The Kier molecular flexibility index (Phi) is 9.12. The maximum atomic E-state index is 12.9. The van der Waals surface area contributed by atoms with Gasteiger partial charge in [-0.1, -0.05) is 68.4 Å².